The minimum absolute atomic E-state index is 0.125. The monoisotopic (exact) mass is 686 g/mol. The van der Waals surface area contributed by atoms with E-state index in [2.05, 4.69) is 0 Å². The summed E-state index contributed by atoms with van der Waals surface area (Å²) < 4.78 is 57.3. The lowest BCUT2D eigenvalue weighted by Crippen LogP contribution is -2.94. The summed E-state index contributed by atoms with van der Waals surface area (Å²) >= 11 is 0. The average molecular weight is 687 g/mol. The van der Waals surface area contributed by atoms with Crippen molar-refractivity contribution in [3.63, 3.8) is 0 Å². The Morgan fingerprint density at radius 3 is 2.16 bits per heavy atom. The maximum atomic E-state index is 13.8. The van der Waals surface area contributed by atoms with Gasteiger partial charge < -0.3 is 42.3 Å². The van der Waals surface area contributed by atoms with Crippen LogP contribution in [0.4, 0.5) is 0 Å². The van der Waals surface area contributed by atoms with Gasteiger partial charge in [-0.15, -0.1) is 0 Å². The molecule has 14 nitrogen and oxygen atoms in total. The summed E-state index contributed by atoms with van der Waals surface area (Å²) in [5.41, 5.74) is -9.35. The first-order chi connectivity index (χ1) is 22.9. The van der Waals surface area contributed by atoms with E-state index in [-0.39, 0.29) is 19.3 Å². The molecule has 4 bridgehead atoms. The van der Waals surface area contributed by atoms with Crippen molar-refractivity contribution in [3.8, 4) is 0 Å². The van der Waals surface area contributed by atoms with Crippen molar-refractivity contribution in [2.45, 2.75) is 127 Å². The summed E-state index contributed by atoms with van der Waals surface area (Å²) in [7, 11) is 1.30. The van der Waals surface area contributed by atoms with E-state index >= 15 is 0 Å². The third-order valence-corrected chi connectivity index (χ3v) is 13.8. The molecule has 0 aromatic carbocycles. The minimum Gasteiger partial charge on any atom is -0.472 e. The fraction of sp³-hybridized carbons (Fsp3) is 0.743. The highest BCUT2D eigenvalue weighted by Gasteiger charge is 3.05. The summed E-state index contributed by atoms with van der Waals surface area (Å²) in [5, 5.41) is 0. The Hall–Kier alpha value is -3.49. The van der Waals surface area contributed by atoms with Crippen molar-refractivity contribution in [2.75, 3.05) is 7.11 Å². The van der Waals surface area contributed by atoms with Crippen LogP contribution in [0.5, 0.6) is 0 Å². The maximum absolute atomic E-state index is 13.8. The molecule has 0 radical (unpaired) electrons. The van der Waals surface area contributed by atoms with Crippen LogP contribution in [-0.4, -0.2) is 77.5 Å². The lowest BCUT2D eigenvalue weighted by Gasteiger charge is -2.77. The molecule has 13 atom stereocenters. The second-order valence-corrected chi connectivity index (χ2v) is 15.9. The predicted molar refractivity (Wildman–Crippen MR) is 159 cm³/mol. The van der Waals surface area contributed by atoms with E-state index in [0.29, 0.717) is 18.4 Å². The zero-order valence-corrected chi connectivity index (χ0v) is 28.9. The van der Waals surface area contributed by atoms with Gasteiger partial charge in [0.15, 0.2) is 12.2 Å². The van der Waals surface area contributed by atoms with Crippen molar-refractivity contribution in [3.05, 3.63) is 24.2 Å². The van der Waals surface area contributed by atoms with Gasteiger partial charge in [0.25, 0.3) is 5.97 Å². The van der Waals surface area contributed by atoms with Gasteiger partial charge in [0.1, 0.15) is 22.9 Å². The van der Waals surface area contributed by atoms with Crippen LogP contribution in [0.3, 0.4) is 0 Å². The average Bonchev–Trinajstić information content (AvgIpc) is 3.70. The predicted octanol–water partition coefficient (Wildman–Crippen LogP) is 3.44. The van der Waals surface area contributed by atoms with Gasteiger partial charge >= 0.3 is 29.8 Å². The molecular formula is C35H42O14. The molecule has 8 unspecified atom stereocenters. The molecule has 0 N–H and O–H groups in total. The van der Waals surface area contributed by atoms with Crippen molar-refractivity contribution >= 4 is 29.8 Å². The molecule has 4 aliphatic carbocycles. The second-order valence-electron chi connectivity index (χ2n) is 15.9. The van der Waals surface area contributed by atoms with Gasteiger partial charge in [-0.05, 0) is 31.2 Å². The molecular weight excluding hydrogens is 644 g/mol. The van der Waals surface area contributed by atoms with Crippen LogP contribution in [0.2, 0.25) is 0 Å². The molecule has 4 saturated carbocycles. The van der Waals surface area contributed by atoms with Gasteiger partial charge in [-0.1, -0.05) is 20.8 Å². The Labute approximate surface area is 282 Å². The third-order valence-electron chi connectivity index (χ3n) is 13.8. The first kappa shape index (κ1) is 32.7. The van der Waals surface area contributed by atoms with E-state index in [1.165, 1.54) is 40.4 Å². The zero-order chi connectivity index (χ0) is 35.4. The van der Waals surface area contributed by atoms with Crippen LogP contribution < -0.4 is 0 Å². The topological polar surface area (TPSA) is 172 Å². The lowest BCUT2D eigenvalue weighted by atomic mass is 9.33. The van der Waals surface area contributed by atoms with E-state index in [1.807, 2.05) is 20.8 Å². The third kappa shape index (κ3) is 3.33. The molecule has 49 heavy (non-hydrogen) atoms. The van der Waals surface area contributed by atoms with Gasteiger partial charge in [-0.25, -0.2) is 0 Å². The van der Waals surface area contributed by atoms with Crippen LogP contribution in [0, 0.1) is 28.1 Å². The summed E-state index contributed by atoms with van der Waals surface area (Å²) in [6, 6.07) is 1.73. The Bertz CT molecular complexity index is 1690. The fourth-order valence-corrected chi connectivity index (χ4v) is 12.8. The van der Waals surface area contributed by atoms with Crippen LogP contribution in [-0.2, 0) is 61.9 Å². The van der Waals surface area contributed by atoms with Crippen molar-refractivity contribution in [2.24, 2.45) is 28.1 Å². The standard InChI is InChI=1S/C35H42O14/c1-17(36)43-26-29(5)16-33-30(6,21(29)13-23(39)41-8)32-11-10-28(4)22(14-24(40)45-25(28)20-9-12-42-15-20)34(32,49-31(7,47-32)48-33)27(44-18(2)37)35(26,33)46-19(3)38/h9,12,15,21-22,25-27H,10-11,13-14,16H2,1-8H3/t21?,22?,25?,26?,27?,28-,29-,30+,31?,32?,33+,34?,35-/m1/s1. The van der Waals surface area contributed by atoms with Crippen LogP contribution in [0.1, 0.15) is 92.2 Å². The molecule has 14 heteroatoms. The number of carbonyl (C=O) groups excluding carboxylic acids is 5. The van der Waals surface area contributed by atoms with E-state index in [4.69, 9.17) is 42.3 Å². The zero-order valence-electron chi connectivity index (χ0n) is 28.9. The number of furan rings is 1. The van der Waals surface area contributed by atoms with Gasteiger partial charge in [0.2, 0.25) is 5.60 Å². The highest BCUT2D eigenvalue weighted by molar-refractivity contribution is 5.75. The number of esters is 5. The lowest BCUT2D eigenvalue weighted by molar-refractivity contribution is -0.477. The number of ether oxygens (including phenoxy) is 8. The molecule has 1 aromatic heterocycles. The molecule has 7 aliphatic rings. The quantitative estimate of drug-likeness (QED) is 0.315. The first-order valence-electron chi connectivity index (χ1n) is 16.8. The number of cyclic esters (lactones) is 1. The highest BCUT2D eigenvalue weighted by Crippen LogP contribution is 2.90. The number of methoxy groups -OCH3 is 1. The first-order valence-corrected chi connectivity index (χ1v) is 16.8. The summed E-state index contributed by atoms with van der Waals surface area (Å²) in [6.45, 7) is 11.1. The SMILES string of the molecule is COC(=O)CC1[C@@]2(C)C[C@]34OC5(C)OC6(C7CC(=O)OC(c8ccoc8)[C@]7(C)CCC6(O5)[C@]13C)C(OC(C)=O)[C@]4(OC(C)=O)C2OC(C)=O. The summed E-state index contributed by atoms with van der Waals surface area (Å²) in [4.78, 5) is 67.1. The normalized spacial score (nSPS) is 50.9. The molecule has 3 aliphatic heterocycles. The molecule has 266 valence electrons. The number of hydrogen-bond donors (Lipinski definition) is 0. The van der Waals surface area contributed by atoms with E-state index in [1.54, 1.807) is 13.0 Å². The van der Waals surface area contributed by atoms with Crippen molar-refractivity contribution in [1.82, 2.24) is 0 Å². The molecule has 2 spiro atoms. The maximum Gasteiger partial charge on any atom is 0.306 e. The number of rotatable bonds is 6. The number of fused-ring (bicyclic) bond motifs is 3. The van der Waals surface area contributed by atoms with Crippen LogP contribution in [0.15, 0.2) is 23.0 Å². The molecule has 0 amide bonds. The van der Waals surface area contributed by atoms with Crippen molar-refractivity contribution in [1.29, 1.82) is 0 Å². The second kappa shape index (κ2) is 9.43. The largest absolute Gasteiger partial charge is 0.472 e. The van der Waals surface area contributed by atoms with Crippen molar-refractivity contribution < 1.29 is 66.3 Å². The molecule has 7 fully saturated rings. The smallest absolute Gasteiger partial charge is 0.306 e. The minimum atomic E-state index is -2.01. The van der Waals surface area contributed by atoms with Gasteiger partial charge in [0, 0.05) is 61.8 Å². The van der Waals surface area contributed by atoms with E-state index < -0.39 is 105 Å². The summed E-state index contributed by atoms with van der Waals surface area (Å²) in [5.74, 6) is -6.47. The summed E-state index contributed by atoms with van der Waals surface area (Å²) in [6.07, 6.45) is -0.00265. The van der Waals surface area contributed by atoms with Gasteiger partial charge in [-0.3, -0.25) is 24.0 Å². The van der Waals surface area contributed by atoms with Crippen LogP contribution in [0.25, 0.3) is 0 Å². The van der Waals surface area contributed by atoms with E-state index in [9.17, 15) is 24.0 Å². The highest BCUT2D eigenvalue weighted by atomic mass is 16.9. The number of hydrogen-bond acceptors (Lipinski definition) is 14. The molecule has 8 rings (SSSR count). The Morgan fingerprint density at radius 2 is 1.55 bits per heavy atom. The van der Waals surface area contributed by atoms with E-state index in [0.717, 1.165) is 0 Å². The Balaban J connectivity index is 1.50. The number of carbonyl (C=O) groups is 5. The molecule has 1 aromatic rings. The van der Waals surface area contributed by atoms with Gasteiger partial charge in [-0.2, -0.15) is 0 Å². The molecule has 4 heterocycles. The fourth-order valence-electron chi connectivity index (χ4n) is 12.8. The van der Waals surface area contributed by atoms with Gasteiger partial charge in [0.05, 0.1) is 26.1 Å². The Kier molecular flexibility index (Phi) is 6.30. The Morgan fingerprint density at radius 1 is 0.878 bits per heavy atom. The van der Waals surface area contributed by atoms with Crippen LogP contribution >= 0.6 is 0 Å². The molecule has 3 saturated heterocycles.